The molecule has 1 aliphatic heterocycles. The second-order valence-electron chi connectivity index (χ2n) is 6.80. The molecule has 3 rings (SSSR count). The molecule has 1 saturated heterocycles. The Labute approximate surface area is 113 Å². The molecule has 2 heteroatoms. The zero-order valence-corrected chi connectivity index (χ0v) is 11.9. The lowest BCUT2D eigenvalue weighted by Gasteiger charge is -2.45. The summed E-state index contributed by atoms with van der Waals surface area (Å²) >= 11 is 0. The summed E-state index contributed by atoms with van der Waals surface area (Å²) < 4.78 is 0. The van der Waals surface area contributed by atoms with Gasteiger partial charge in [-0.2, -0.15) is 0 Å². The molecule has 0 aromatic rings. The molecule has 0 amide bonds. The Balaban J connectivity index is 1.60. The lowest BCUT2D eigenvalue weighted by atomic mass is 9.87. The van der Waals surface area contributed by atoms with Gasteiger partial charge in [0, 0.05) is 31.7 Å². The van der Waals surface area contributed by atoms with Crippen LogP contribution in [0.15, 0.2) is 0 Å². The van der Waals surface area contributed by atoms with Gasteiger partial charge in [0.15, 0.2) is 0 Å². The predicted molar refractivity (Wildman–Crippen MR) is 76.8 cm³/mol. The molecule has 0 unspecified atom stereocenters. The molecule has 2 aliphatic carbocycles. The topological polar surface area (TPSA) is 15.3 Å². The Morgan fingerprint density at radius 3 is 1.61 bits per heavy atom. The number of hydrogen-bond acceptors (Lipinski definition) is 2. The van der Waals surface area contributed by atoms with Crippen molar-refractivity contribution in [3.05, 3.63) is 0 Å². The standard InChI is InChI=1S/C16H30N2/c1-3-7-15(8-4-1)18(13-14-11-17-12-14)16-9-5-2-6-10-16/h14-17H,1-13H2. The summed E-state index contributed by atoms with van der Waals surface area (Å²) in [4.78, 5) is 2.96. The molecular weight excluding hydrogens is 220 g/mol. The third-order valence-electron chi connectivity index (χ3n) is 5.42. The van der Waals surface area contributed by atoms with E-state index in [0.29, 0.717) is 0 Å². The zero-order chi connectivity index (χ0) is 12.2. The predicted octanol–water partition coefficient (Wildman–Crippen LogP) is 3.17. The highest BCUT2D eigenvalue weighted by molar-refractivity contribution is 4.88. The second-order valence-corrected chi connectivity index (χ2v) is 6.80. The van der Waals surface area contributed by atoms with Crippen molar-refractivity contribution in [3.63, 3.8) is 0 Å². The first kappa shape index (κ1) is 12.9. The average molecular weight is 250 g/mol. The van der Waals surface area contributed by atoms with Crippen LogP contribution in [0.4, 0.5) is 0 Å². The number of rotatable bonds is 4. The van der Waals surface area contributed by atoms with E-state index in [9.17, 15) is 0 Å². The molecule has 0 aromatic carbocycles. The van der Waals surface area contributed by atoms with Crippen LogP contribution >= 0.6 is 0 Å². The molecule has 1 heterocycles. The molecule has 2 nitrogen and oxygen atoms in total. The molecule has 18 heavy (non-hydrogen) atoms. The van der Waals surface area contributed by atoms with Crippen molar-refractivity contribution in [2.45, 2.75) is 76.3 Å². The number of nitrogens with one attached hydrogen (secondary N) is 1. The van der Waals surface area contributed by atoms with Gasteiger partial charge in [-0.1, -0.05) is 38.5 Å². The highest BCUT2D eigenvalue weighted by atomic mass is 15.2. The molecule has 0 spiro atoms. The van der Waals surface area contributed by atoms with Crippen molar-refractivity contribution in [1.29, 1.82) is 0 Å². The number of nitrogens with zero attached hydrogens (tertiary/aromatic N) is 1. The molecule has 0 atom stereocenters. The Bertz CT molecular complexity index is 219. The van der Waals surface area contributed by atoms with Gasteiger partial charge in [-0.15, -0.1) is 0 Å². The fourth-order valence-corrected chi connectivity index (χ4v) is 4.20. The fraction of sp³-hybridized carbons (Fsp3) is 1.00. The summed E-state index contributed by atoms with van der Waals surface area (Å²) in [6, 6.07) is 1.87. The van der Waals surface area contributed by atoms with Crippen molar-refractivity contribution in [1.82, 2.24) is 10.2 Å². The Hall–Kier alpha value is -0.0800. The number of hydrogen-bond donors (Lipinski definition) is 1. The highest BCUT2D eigenvalue weighted by Crippen LogP contribution is 2.31. The van der Waals surface area contributed by atoms with Gasteiger partial charge in [-0.05, 0) is 31.6 Å². The minimum Gasteiger partial charge on any atom is -0.316 e. The molecular formula is C16H30N2. The Morgan fingerprint density at radius 2 is 1.22 bits per heavy atom. The van der Waals surface area contributed by atoms with Crippen LogP contribution in [0, 0.1) is 5.92 Å². The van der Waals surface area contributed by atoms with E-state index in [0.717, 1.165) is 18.0 Å². The van der Waals surface area contributed by atoms with Crippen molar-refractivity contribution < 1.29 is 0 Å². The van der Waals surface area contributed by atoms with E-state index in [2.05, 4.69) is 10.2 Å². The second kappa shape index (κ2) is 6.38. The van der Waals surface area contributed by atoms with Gasteiger partial charge in [0.1, 0.15) is 0 Å². The molecule has 0 radical (unpaired) electrons. The first-order valence-corrected chi connectivity index (χ1v) is 8.40. The van der Waals surface area contributed by atoms with E-state index in [1.807, 2.05) is 0 Å². The van der Waals surface area contributed by atoms with Crippen LogP contribution in [0.3, 0.4) is 0 Å². The van der Waals surface area contributed by atoms with E-state index >= 15 is 0 Å². The van der Waals surface area contributed by atoms with E-state index in [-0.39, 0.29) is 0 Å². The Kier molecular flexibility index (Phi) is 4.58. The van der Waals surface area contributed by atoms with Gasteiger partial charge in [0.05, 0.1) is 0 Å². The van der Waals surface area contributed by atoms with Crippen LogP contribution in [0.25, 0.3) is 0 Å². The molecule has 2 saturated carbocycles. The van der Waals surface area contributed by atoms with Gasteiger partial charge in [-0.3, -0.25) is 4.90 Å². The van der Waals surface area contributed by atoms with Crippen LogP contribution in [0.2, 0.25) is 0 Å². The van der Waals surface area contributed by atoms with Gasteiger partial charge < -0.3 is 5.32 Å². The van der Waals surface area contributed by atoms with Gasteiger partial charge in [0.25, 0.3) is 0 Å². The van der Waals surface area contributed by atoms with E-state index < -0.39 is 0 Å². The van der Waals surface area contributed by atoms with Crippen molar-refractivity contribution in [3.8, 4) is 0 Å². The maximum absolute atomic E-state index is 3.45. The van der Waals surface area contributed by atoms with Crippen LogP contribution in [-0.2, 0) is 0 Å². The molecule has 0 aromatic heterocycles. The summed E-state index contributed by atoms with van der Waals surface area (Å²) in [5.41, 5.74) is 0. The quantitative estimate of drug-likeness (QED) is 0.824. The molecule has 3 aliphatic rings. The van der Waals surface area contributed by atoms with Crippen molar-refractivity contribution in [2.75, 3.05) is 19.6 Å². The maximum atomic E-state index is 3.45. The lowest BCUT2D eigenvalue weighted by molar-refractivity contribution is 0.0544. The van der Waals surface area contributed by atoms with E-state index in [1.54, 1.807) is 0 Å². The SMILES string of the molecule is C1CCC(N(CC2CNC2)C2CCCCC2)CC1. The smallest absolute Gasteiger partial charge is 0.00983 e. The van der Waals surface area contributed by atoms with Crippen LogP contribution < -0.4 is 5.32 Å². The first-order valence-electron chi connectivity index (χ1n) is 8.40. The summed E-state index contributed by atoms with van der Waals surface area (Å²) in [5.74, 6) is 0.953. The largest absolute Gasteiger partial charge is 0.316 e. The van der Waals surface area contributed by atoms with E-state index in [4.69, 9.17) is 0 Å². The summed E-state index contributed by atoms with van der Waals surface area (Å²) in [6.45, 7) is 3.94. The zero-order valence-electron chi connectivity index (χ0n) is 11.9. The van der Waals surface area contributed by atoms with Crippen molar-refractivity contribution >= 4 is 0 Å². The summed E-state index contributed by atoms with van der Waals surface area (Å²) in [5, 5.41) is 3.45. The van der Waals surface area contributed by atoms with Crippen LogP contribution in [0.1, 0.15) is 64.2 Å². The molecule has 104 valence electrons. The maximum Gasteiger partial charge on any atom is 0.00983 e. The Morgan fingerprint density at radius 1 is 0.722 bits per heavy atom. The average Bonchev–Trinajstić information content (AvgIpc) is 2.40. The molecule has 3 fully saturated rings. The third-order valence-corrected chi connectivity index (χ3v) is 5.42. The lowest BCUT2D eigenvalue weighted by Crippen LogP contribution is -2.54. The van der Waals surface area contributed by atoms with Gasteiger partial charge in [-0.25, -0.2) is 0 Å². The fourth-order valence-electron chi connectivity index (χ4n) is 4.20. The normalized spacial score (nSPS) is 28.5. The summed E-state index contributed by atoms with van der Waals surface area (Å²) in [6.07, 6.45) is 14.8. The third kappa shape index (κ3) is 3.08. The summed E-state index contributed by atoms with van der Waals surface area (Å²) in [7, 11) is 0. The van der Waals surface area contributed by atoms with Crippen molar-refractivity contribution in [2.24, 2.45) is 5.92 Å². The molecule has 1 N–H and O–H groups in total. The van der Waals surface area contributed by atoms with Gasteiger partial charge in [0.2, 0.25) is 0 Å². The van der Waals surface area contributed by atoms with E-state index in [1.165, 1.54) is 83.8 Å². The van der Waals surface area contributed by atoms with Gasteiger partial charge >= 0.3 is 0 Å². The monoisotopic (exact) mass is 250 g/mol. The molecule has 0 bridgehead atoms. The first-order chi connectivity index (χ1) is 8.93. The van der Waals surface area contributed by atoms with Crippen LogP contribution in [-0.4, -0.2) is 36.6 Å². The highest BCUT2D eigenvalue weighted by Gasteiger charge is 2.31. The minimum absolute atomic E-state index is 0.933. The van der Waals surface area contributed by atoms with Crippen LogP contribution in [0.5, 0.6) is 0 Å². The minimum atomic E-state index is 0.933.